The van der Waals surface area contributed by atoms with Gasteiger partial charge in [0.15, 0.2) is 5.69 Å². The molecule has 0 spiro atoms. The minimum absolute atomic E-state index is 0.319. The highest BCUT2D eigenvalue weighted by Crippen LogP contribution is 2.22. The van der Waals surface area contributed by atoms with Crippen LogP contribution in [-0.4, -0.2) is 29.7 Å². The summed E-state index contributed by atoms with van der Waals surface area (Å²) >= 11 is 0. The van der Waals surface area contributed by atoms with E-state index in [-0.39, 0.29) is 0 Å². The quantitative estimate of drug-likeness (QED) is 0.858. The Kier molecular flexibility index (Phi) is 3.85. The number of hydrogen-bond acceptors (Lipinski definition) is 4. The average Bonchev–Trinajstić information content (AvgIpc) is 2.81. The number of hydrogen-bond donors (Lipinski definition) is 1. The van der Waals surface area contributed by atoms with Crippen LogP contribution in [0.3, 0.4) is 0 Å². The Morgan fingerprint density at radius 2 is 2.21 bits per heavy atom. The highest BCUT2D eigenvalue weighted by atomic mass is 16.5. The molecule has 0 unspecified atom stereocenters. The van der Waals surface area contributed by atoms with Crippen LogP contribution in [0.1, 0.15) is 23.1 Å². The van der Waals surface area contributed by atoms with E-state index in [0.717, 1.165) is 11.3 Å². The van der Waals surface area contributed by atoms with E-state index in [2.05, 4.69) is 9.97 Å². The molecule has 100 valence electrons. The molecule has 5 heteroatoms. The topological polar surface area (TPSA) is 64.2 Å². The van der Waals surface area contributed by atoms with Crippen LogP contribution >= 0.6 is 0 Å². The van der Waals surface area contributed by atoms with E-state index in [0.29, 0.717) is 23.8 Å². The molecule has 0 aliphatic carbocycles. The first-order valence-electron chi connectivity index (χ1n) is 6.03. The minimum atomic E-state index is -0.412. The molecule has 0 aliphatic rings. The summed E-state index contributed by atoms with van der Waals surface area (Å²) < 4.78 is 10.1. The molecule has 0 atom stereocenters. The van der Waals surface area contributed by atoms with Gasteiger partial charge in [-0.3, -0.25) is 0 Å². The highest BCUT2D eigenvalue weighted by molar-refractivity contribution is 5.89. The highest BCUT2D eigenvalue weighted by Gasteiger charge is 2.16. The second kappa shape index (κ2) is 5.56. The summed E-state index contributed by atoms with van der Waals surface area (Å²) in [6, 6.07) is 7.48. The maximum absolute atomic E-state index is 11.7. The molecule has 1 aromatic heterocycles. The number of nitrogens with zero attached hydrogens (tertiary/aromatic N) is 1. The summed E-state index contributed by atoms with van der Waals surface area (Å²) in [7, 11) is 1.61. The summed E-state index contributed by atoms with van der Waals surface area (Å²) in [4.78, 5) is 19.1. The number of aromatic nitrogens is 2. The second-order valence-electron chi connectivity index (χ2n) is 4.01. The van der Waals surface area contributed by atoms with Crippen LogP contribution in [0.4, 0.5) is 0 Å². The number of carbonyl (C=O) groups excluding carboxylic acids is 1. The van der Waals surface area contributed by atoms with Gasteiger partial charge in [-0.15, -0.1) is 0 Å². The zero-order valence-corrected chi connectivity index (χ0v) is 11.2. The van der Waals surface area contributed by atoms with Crippen molar-refractivity contribution < 1.29 is 14.3 Å². The first kappa shape index (κ1) is 13.1. The Morgan fingerprint density at radius 1 is 1.42 bits per heavy atom. The van der Waals surface area contributed by atoms with Crippen LogP contribution < -0.4 is 4.74 Å². The van der Waals surface area contributed by atoms with Gasteiger partial charge in [0, 0.05) is 11.3 Å². The monoisotopic (exact) mass is 260 g/mol. The van der Waals surface area contributed by atoms with Crippen molar-refractivity contribution in [1.29, 1.82) is 0 Å². The van der Waals surface area contributed by atoms with Gasteiger partial charge in [0.05, 0.1) is 13.7 Å². The van der Waals surface area contributed by atoms with Crippen LogP contribution in [0, 0.1) is 6.92 Å². The number of methoxy groups -OCH3 is 1. The van der Waals surface area contributed by atoms with Gasteiger partial charge in [-0.1, -0.05) is 12.1 Å². The number of benzene rings is 1. The van der Waals surface area contributed by atoms with Crippen LogP contribution in [-0.2, 0) is 4.74 Å². The van der Waals surface area contributed by atoms with Crippen molar-refractivity contribution in [2.24, 2.45) is 0 Å². The Balaban J connectivity index is 2.36. The van der Waals surface area contributed by atoms with E-state index < -0.39 is 5.97 Å². The second-order valence-corrected chi connectivity index (χ2v) is 4.01. The van der Waals surface area contributed by atoms with Crippen molar-refractivity contribution in [3.8, 4) is 17.1 Å². The molecule has 0 bridgehead atoms. The summed E-state index contributed by atoms with van der Waals surface area (Å²) in [5, 5.41) is 0. The van der Waals surface area contributed by atoms with E-state index >= 15 is 0 Å². The lowest BCUT2D eigenvalue weighted by atomic mass is 10.2. The molecule has 2 aromatic rings. The molecule has 1 N–H and O–H groups in total. The molecule has 0 radical (unpaired) electrons. The first-order chi connectivity index (χ1) is 9.15. The number of esters is 1. The molecular weight excluding hydrogens is 244 g/mol. The van der Waals surface area contributed by atoms with Crippen LogP contribution in [0.2, 0.25) is 0 Å². The van der Waals surface area contributed by atoms with Crippen LogP contribution in [0.25, 0.3) is 11.4 Å². The maximum atomic E-state index is 11.7. The summed E-state index contributed by atoms with van der Waals surface area (Å²) in [6.07, 6.45) is 0. The normalized spacial score (nSPS) is 10.3. The third kappa shape index (κ3) is 2.76. The van der Waals surface area contributed by atoms with Crippen molar-refractivity contribution in [3.63, 3.8) is 0 Å². The molecule has 5 nitrogen and oxygen atoms in total. The van der Waals surface area contributed by atoms with Gasteiger partial charge in [0.1, 0.15) is 11.6 Å². The molecule has 0 fully saturated rings. The molecule has 19 heavy (non-hydrogen) atoms. The minimum Gasteiger partial charge on any atom is -0.497 e. The van der Waals surface area contributed by atoms with Gasteiger partial charge >= 0.3 is 5.97 Å². The lowest BCUT2D eigenvalue weighted by Crippen LogP contribution is -2.06. The van der Waals surface area contributed by atoms with Crippen molar-refractivity contribution >= 4 is 5.97 Å². The van der Waals surface area contributed by atoms with Crippen molar-refractivity contribution in [3.05, 3.63) is 35.7 Å². The van der Waals surface area contributed by atoms with Gasteiger partial charge in [-0.2, -0.15) is 0 Å². The van der Waals surface area contributed by atoms with Crippen LogP contribution in [0.15, 0.2) is 24.3 Å². The zero-order chi connectivity index (χ0) is 13.8. The van der Waals surface area contributed by atoms with Crippen molar-refractivity contribution in [1.82, 2.24) is 9.97 Å². The predicted molar refractivity (Wildman–Crippen MR) is 71.3 cm³/mol. The first-order valence-corrected chi connectivity index (χ1v) is 6.03. The van der Waals surface area contributed by atoms with Gasteiger partial charge in [0.2, 0.25) is 0 Å². The molecule has 1 heterocycles. The lowest BCUT2D eigenvalue weighted by molar-refractivity contribution is 0.0519. The van der Waals surface area contributed by atoms with Gasteiger partial charge < -0.3 is 14.5 Å². The molecule has 0 saturated carbocycles. The molecule has 1 aromatic carbocycles. The lowest BCUT2D eigenvalue weighted by Gasteiger charge is -2.01. The maximum Gasteiger partial charge on any atom is 0.358 e. The van der Waals surface area contributed by atoms with Gasteiger partial charge in [-0.05, 0) is 26.0 Å². The smallest absolute Gasteiger partial charge is 0.358 e. The third-order valence-electron chi connectivity index (χ3n) is 2.70. The number of ether oxygens (including phenoxy) is 2. The summed E-state index contributed by atoms with van der Waals surface area (Å²) in [6.45, 7) is 3.89. The number of imidazole rings is 1. The van der Waals surface area contributed by atoms with E-state index in [1.54, 1.807) is 21.0 Å². The molecule has 0 saturated heterocycles. The number of aromatic amines is 1. The molecule has 0 aliphatic heterocycles. The average molecular weight is 260 g/mol. The Bertz CT molecular complexity index is 590. The largest absolute Gasteiger partial charge is 0.497 e. The zero-order valence-electron chi connectivity index (χ0n) is 11.2. The number of nitrogens with one attached hydrogen (secondary N) is 1. The molecule has 2 rings (SSSR count). The van der Waals surface area contributed by atoms with Crippen molar-refractivity contribution in [2.45, 2.75) is 13.8 Å². The summed E-state index contributed by atoms with van der Waals surface area (Å²) in [5.41, 5.74) is 1.87. The Hall–Kier alpha value is -2.30. The number of aryl methyl sites for hydroxylation is 1. The van der Waals surface area contributed by atoms with E-state index in [9.17, 15) is 4.79 Å². The summed E-state index contributed by atoms with van der Waals surface area (Å²) in [5.74, 6) is 0.953. The third-order valence-corrected chi connectivity index (χ3v) is 2.70. The predicted octanol–water partition coefficient (Wildman–Crippen LogP) is 2.57. The molecule has 0 amide bonds. The van der Waals surface area contributed by atoms with Crippen LogP contribution in [0.5, 0.6) is 5.75 Å². The van der Waals surface area contributed by atoms with Crippen molar-refractivity contribution in [2.75, 3.05) is 13.7 Å². The van der Waals surface area contributed by atoms with Gasteiger partial charge in [0.25, 0.3) is 0 Å². The number of carbonyl (C=O) groups is 1. The standard InChI is InChI=1S/C14H16N2O3/c1-4-19-14(17)12-9(2)15-13(16-12)10-6-5-7-11(8-10)18-3/h5-8H,4H2,1-3H3,(H,15,16). The fourth-order valence-electron chi connectivity index (χ4n) is 1.77. The Morgan fingerprint density at radius 3 is 2.89 bits per heavy atom. The van der Waals surface area contributed by atoms with E-state index in [1.807, 2.05) is 24.3 Å². The van der Waals surface area contributed by atoms with Gasteiger partial charge in [-0.25, -0.2) is 9.78 Å². The van der Waals surface area contributed by atoms with E-state index in [4.69, 9.17) is 9.47 Å². The molecular formula is C14H16N2O3. The number of rotatable bonds is 4. The number of H-pyrrole nitrogens is 1. The van der Waals surface area contributed by atoms with E-state index in [1.165, 1.54) is 0 Å². The fourth-order valence-corrected chi connectivity index (χ4v) is 1.77. The Labute approximate surface area is 111 Å². The SMILES string of the molecule is CCOC(=O)c1nc(-c2cccc(OC)c2)[nH]c1C. The fraction of sp³-hybridized carbons (Fsp3) is 0.286.